The second-order valence-electron chi connectivity index (χ2n) is 1.86. The number of aliphatic hydroxyl groups excluding tert-OH is 1. The van der Waals surface area contributed by atoms with Gasteiger partial charge in [-0.25, -0.2) is 4.79 Å². The summed E-state index contributed by atoms with van der Waals surface area (Å²) in [5.41, 5.74) is 0.00926. The van der Waals surface area contributed by atoms with E-state index in [0.717, 1.165) is 0 Å². The number of nitrogens with one attached hydrogen (secondary N) is 1. The first-order valence-electron chi connectivity index (χ1n) is 2.76. The van der Waals surface area contributed by atoms with Gasteiger partial charge in [0.1, 0.15) is 11.9 Å². The van der Waals surface area contributed by atoms with Gasteiger partial charge in [0, 0.05) is 0 Å². The standard InChI is InChI=1S/C6H7NO3/c8-5-3-1-2-4(7-5)6(9)10/h1-3,5,7-8H,(H,9,10). The van der Waals surface area contributed by atoms with E-state index >= 15 is 0 Å². The van der Waals surface area contributed by atoms with E-state index < -0.39 is 12.2 Å². The minimum atomic E-state index is -1.07. The van der Waals surface area contributed by atoms with Crippen molar-refractivity contribution in [2.45, 2.75) is 6.23 Å². The van der Waals surface area contributed by atoms with Gasteiger partial charge in [0.25, 0.3) is 0 Å². The summed E-state index contributed by atoms with van der Waals surface area (Å²) >= 11 is 0. The predicted molar refractivity (Wildman–Crippen MR) is 34.0 cm³/mol. The molecule has 1 heterocycles. The largest absolute Gasteiger partial charge is 0.477 e. The molecule has 4 nitrogen and oxygen atoms in total. The molecule has 1 atom stereocenters. The number of carboxylic acids is 1. The van der Waals surface area contributed by atoms with Crippen molar-refractivity contribution >= 4 is 5.97 Å². The highest BCUT2D eigenvalue weighted by atomic mass is 16.4. The van der Waals surface area contributed by atoms with Crippen molar-refractivity contribution in [2.24, 2.45) is 0 Å². The second kappa shape index (κ2) is 2.53. The Labute approximate surface area is 57.5 Å². The fourth-order valence-corrected chi connectivity index (χ4v) is 0.646. The lowest BCUT2D eigenvalue weighted by molar-refractivity contribution is -0.133. The molecule has 4 heteroatoms. The molecule has 3 N–H and O–H groups in total. The molecular formula is C6H7NO3. The van der Waals surface area contributed by atoms with Gasteiger partial charge in [0.15, 0.2) is 0 Å². The van der Waals surface area contributed by atoms with Crippen molar-refractivity contribution in [3.63, 3.8) is 0 Å². The summed E-state index contributed by atoms with van der Waals surface area (Å²) in [5.74, 6) is -1.07. The number of hydrogen-bond donors (Lipinski definition) is 3. The first-order valence-corrected chi connectivity index (χ1v) is 2.76. The van der Waals surface area contributed by atoms with Gasteiger partial charge in [-0.3, -0.25) is 0 Å². The molecule has 1 unspecified atom stereocenters. The van der Waals surface area contributed by atoms with Crippen LogP contribution in [0.4, 0.5) is 0 Å². The molecule has 1 aliphatic rings. The van der Waals surface area contributed by atoms with Crippen LogP contribution in [0.2, 0.25) is 0 Å². The van der Waals surface area contributed by atoms with E-state index in [1.807, 2.05) is 0 Å². The molecule has 0 saturated carbocycles. The van der Waals surface area contributed by atoms with Gasteiger partial charge in [0.05, 0.1) is 0 Å². The number of hydrogen-bond acceptors (Lipinski definition) is 3. The lowest BCUT2D eigenvalue weighted by atomic mass is 10.3. The average Bonchev–Trinajstić information content (AvgIpc) is 1.88. The maximum Gasteiger partial charge on any atom is 0.352 e. The van der Waals surface area contributed by atoms with Gasteiger partial charge in [-0.2, -0.15) is 0 Å². The smallest absolute Gasteiger partial charge is 0.352 e. The third-order valence-corrected chi connectivity index (χ3v) is 1.09. The molecule has 0 aliphatic carbocycles. The monoisotopic (exact) mass is 141 g/mol. The normalized spacial score (nSPS) is 23.3. The van der Waals surface area contributed by atoms with Crippen LogP contribution in [0.25, 0.3) is 0 Å². The minimum Gasteiger partial charge on any atom is -0.477 e. The van der Waals surface area contributed by atoms with Gasteiger partial charge in [-0.05, 0) is 12.2 Å². The topological polar surface area (TPSA) is 69.6 Å². The zero-order valence-electron chi connectivity index (χ0n) is 5.11. The number of carbonyl (C=O) groups is 1. The van der Waals surface area contributed by atoms with Crippen LogP contribution in [-0.2, 0) is 4.79 Å². The molecule has 0 spiro atoms. The summed E-state index contributed by atoms with van der Waals surface area (Å²) in [6, 6.07) is 0. The molecular weight excluding hydrogens is 134 g/mol. The van der Waals surface area contributed by atoms with E-state index in [1.165, 1.54) is 18.2 Å². The highest BCUT2D eigenvalue weighted by Crippen LogP contribution is 1.99. The summed E-state index contributed by atoms with van der Waals surface area (Å²) in [4.78, 5) is 10.2. The molecule has 0 bridgehead atoms. The van der Waals surface area contributed by atoms with Crippen LogP contribution >= 0.6 is 0 Å². The van der Waals surface area contributed by atoms with Gasteiger partial charge in [-0.1, -0.05) is 6.08 Å². The van der Waals surface area contributed by atoms with Gasteiger partial charge in [0.2, 0.25) is 0 Å². The zero-order chi connectivity index (χ0) is 7.56. The first kappa shape index (κ1) is 6.82. The van der Waals surface area contributed by atoms with E-state index in [4.69, 9.17) is 10.2 Å². The van der Waals surface area contributed by atoms with Crippen molar-refractivity contribution in [1.82, 2.24) is 5.32 Å². The van der Waals surface area contributed by atoms with Crippen molar-refractivity contribution < 1.29 is 15.0 Å². The number of rotatable bonds is 1. The molecule has 0 aromatic carbocycles. The number of allylic oxidation sites excluding steroid dienone is 2. The van der Waals surface area contributed by atoms with Crippen molar-refractivity contribution in [3.8, 4) is 0 Å². The molecule has 0 aromatic heterocycles. The van der Waals surface area contributed by atoms with Crippen LogP contribution in [0.3, 0.4) is 0 Å². The summed E-state index contributed by atoms with van der Waals surface area (Å²) in [6.07, 6.45) is 3.45. The Morgan fingerprint density at radius 3 is 2.80 bits per heavy atom. The molecule has 10 heavy (non-hydrogen) atoms. The molecule has 0 fully saturated rings. The second-order valence-corrected chi connectivity index (χ2v) is 1.86. The summed E-state index contributed by atoms with van der Waals surface area (Å²) in [7, 11) is 0. The average molecular weight is 141 g/mol. The number of aliphatic hydroxyl groups is 1. The van der Waals surface area contributed by atoms with Crippen LogP contribution < -0.4 is 5.32 Å². The van der Waals surface area contributed by atoms with E-state index in [2.05, 4.69) is 5.32 Å². The summed E-state index contributed by atoms with van der Waals surface area (Å²) in [6.45, 7) is 0. The highest BCUT2D eigenvalue weighted by molar-refractivity contribution is 5.86. The number of carboxylic acid groups (broad SMARTS) is 1. The lowest BCUT2D eigenvalue weighted by Crippen LogP contribution is -2.31. The number of dihydropyridines is 1. The summed E-state index contributed by atoms with van der Waals surface area (Å²) < 4.78 is 0. The van der Waals surface area contributed by atoms with Crippen LogP contribution in [-0.4, -0.2) is 22.4 Å². The van der Waals surface area contributed by atoms with Gasteiger partial charge >= 0.3 is 5.97 Å². The van der Waals surface area contributed by atoms with E-state index in [9.17, 15) is 4.79 Å². The maximum atomic E-state index is 10.2. The fourth-order valence-electron chi connectivity index (χ4n) is 0.646. The Kier molecular flexibility index (Phi) is 1.73. The molecule has 1 rings (SSSR count). The fraction of sp³-hybridized carbons (Fsp3) is 0.167. The molecule has 0 amide bonds. The molecule has 0 radical (unpaired) electrons. The molecule has 0 aromatic rings. The highest BCUT2D eigenvalue weighted by Gasteiger charge is 2.11. The lowest BCUT2D eigenvalue weighted by Gasteiger charge is -2.12. The van der Waals surface area contributed by atoms with E-state index in [1.54, 1.807) is 0 Å². The molecule has 54 valence electrons. The van der Waals surface area contributed by atoms with Crippen molar-refractivity contribution in [2.75, 3.05) is 0 Å². The quantitative estimate of drug-likeness (QED) is 0.457. The Bertz CT molecular complexity index is 207. The first-order chi connectivity index (χ1) is 4.70. The van der Waals surface area contributed by atoms with Crippen LogP contribution in [0, 0.1) is 0 Å². The predicted octanol–water partition coefficient (Wildman–Crippen LogP) is -0.567. The summed E-state index contributed by atoms with van der Waals surface area (Å²) in [5, 5.41) is 19.6. The zero-order valence-corrected chi connectivity index (χ0v) is 5.11. The van der Waals surface area contributed by atoms with Crippen LogP contribution in [0.1, 0.15) is 0 Å². The Balaban J connectivity index is 2.71. The van der Waals surface area contributed by atoms with Gasteiger partial charge < -0.3 is 15.5 Å². The van der Waals surface area contributed by atoms with E-state index in [-0.39, 0.29) is 5.70 Å². The van der Waals surface area contributed by atoms with E-state index in [0.29, 0.717) is 0 Å². The van der Waals surface area contributed by atoms with Crippen molar-refractivity contribution in [3.05, 3.63) is 23.9 Å². The molecule has 0 saturated heterocycles. The maximum absolute atomic E-state index is 10.2. The van der Waals surface area contributed by atoms with Gasteiger partial charge in [-0.15, -0.1) is 0 Å². The molecule has 1 aliphatic heterocycles. The van der Waals surface area contributed by atoms with Crippen LogP contribution in [0.15, 0.2) is 23.9 Å². The minimum absolute atomic E-state index is 0.00926. The third kappa shape index (κ3) is 1.35. The third-order valence-electron chi connectivity index (χ3n) is 1.09. The Hall–Kier alpha value is -1.29. The Morgan fingerprint density at radius 1 is 1.70 bits per heavy atom. The Morgan fingerprint density at radius 2 is 2.40 bits per heavy atom. The van der Waals surface area contributed by atoms with Crippen LogP contribution in [0.5, 0.6) is 0 Å². The van der Waals surface area contributed by atoms with Crippen molar-refractivity contribution in [1.29, 1.82) is 0 Å². The SMILES string of the molecule is O=C(O)C1=CC=CC(O)N1. The number of aliphatic carboxylic acids is 1.